The van der Waals surface area contributed by atoms with E-state index in [0.29, 0.717) is 18.5 Å². The van der Waals surface area contributed by atoms with Gasteiger partial charge < -0.3 is 15.1 Å². The van der Waals surface area contributed by atoms with Gasteiger partial charge in [-0.1, -0.05) is 78.9 Å². The molecule has 0 unspecified atom stereocenters. The predicted molar refractivity (Wildman–Crippen MR) is 140 cm³/mol. The number of nitrogens with one attached hydrogen (secondary N) is 1. The molecule has 0 bridgehead atoms. The van der Waals surface area contributed by atoms with Crippen LogP contribution in [0.1, 0.15) is 16.7 Å². The van der Waals surface area contributed by atoms with Crippen molar-refractivity contribution in [2.45, 2.75) is 31.7 Å². The fraction of sp³-hybridized carbons (Fsp3) is 0.276. The van der Waals surface area contributed by atoms with Crippen LogP contribution in [-0.4, -0.2) is 70.0 Å². The van der Waals surface area contributed by atoms with Gasteiger partial charge in [-0.05, 0) is 17.2 Å². The van der Waals surface area contributed by atoms with Gasteiger partial charge in [-0.25, -0.2) is 9.18 Å². The lowest BCUT2D eigenvalue weighted by atomic mass is 10.00. The molecule has 2 aliphatic heterocycles. The van der Waals surface area contributed by atoms with E-state index < -0.39 is 12.2 Å². The van der Waals surface area contributed by atoms with E-state index >= 15 is 0 Å². The number of hydrazine groups is 1. The molecule has 4 amide bonds. The SMILES string of the molecule is CN(C(=O)NCc1ccccc1)N1CC(=O)N2[C@@H](Cc3ccccc3)C(=O)N(Cc3ccccc3F)C[C@@H]21. The molecular weight excluding hydrogens is 485 g/mol. The maximum Gasteiger partial charge on any atom is 0.332 e. The topological polar surface area (TPSA) is 76.2 Å². The minimum Gasteiger partial charge on any atom is -0.333 e. The van der Waals surface area contributed by atoms with Crippen molar-refractivity contribution in [2.24, 2.45) is 0 Å². The molecule has 2 fully saturated rings. The highest BCUT2D eigenvalue weighted by atomic mass is 19.1. The van der Waals surface area contributed by atoms with Crippen LogP contribution in [0.2, 0.25) is 0 Å². The molecule has 8 nitrogen and oxygen atoms in total. The van der Waals surface area contributed by atoms with Gasteiger partial charge in [0.15, 0.2) is 0 Å². The van der Waals surface area contributed by atoms with Gasteiger partial charge in [0.05, 0.1) is 13.1 Å². The number of nitrogens with zero attached hydrogens (tertiary/aromatic N) is 4. The molecule has 0 spiro atoms. The Morgan fingerprint density at radius 3 is 2.26 bits per heavy atom. The Kier molecular flexibility index (Phi) is 7.37. The van der Waals surface area contributed by atoms with Crippen LogP contribution in [0, 0.1) is 5.82 Å². The number of benzene rings is 3. The number of amides is 4. The molecule has 2 aliphatic rings. The van der Waals surface area contributed by atoms with E-state index in [-0.39, 0.29) is 43.3 Å². The first-order chi connectivity index (χ1) is 18.4. The van der Waals surface area contributed by atoms with E-state index in [4.69, 9.17) is 0 Å². The molecule has 0 aromatic heterocycles. The Hall–Kier alpha value is -4.24. The molecule has 196 valence electrons. The number of rotatable bonds is 7. The smallest absolute Gasteiger partial charge is 0.332 e. The lowest BCUT2D eigenvalue weighted by molar-refractivity contribution is -0.157. The Balaban J connectivity index is 1.39. The molecule has 0 radical (unpaired) electrons. The second-order valence-electron chi connectivity index (χ2n) is 9.56. The molecule has 5 rings (SSSR count). The molecule has 1 N–H and O–H groups in total. The van der Waals surface area contributed by atoms with Gasteiger partial charge in [0.25, 0.3) is 0 Å². The van der Waals surface area contributed by atoms with E-state index in [0.717, 1.165) is 11.1 Å². The predicted octanol–water partition coefficient (Wildman–Crippen LogP) is 3.01. The maximum atomic E-state index is 14.5. The molecule has 0 aliphatic carbocycles. The monoisotopic (exact) mass is 515 g/mol. The third-order valence-corrected chi connectivity index (χ3v) is 7.12. The van der Waals surface area contributed by atoms with Crippen LogP contribution in [0.25, 0.3) is 0 Å². The maximum absolute atomic E-state index is 14.5. The number of halogens is 1. The summed E-state index contributed by atoms with van der Waals surface area (Å²) in [5.41, 5.74) is 2.27. The zero-order chi connectivity index (χ0) is 26.6. The van der Waals surface area contributed by atoms with Crippen molar-refractivity contribution in [2.75, 3.05) is 20.1 Å². The minimum absolute atomic E-state index is 0.0357. The summed E-state index contributed by atoms with van der Waals surface area (Å²) in [4.78, 5) is 43.2. The number of hydrogen-bond donors (Lipinski definition) is 1. The van der Waals surface area contributed by atoms with Gasteiger partial charge in [0.2, 0.25) is 11.8 Å². The number of piperazine rings is 1. The van der Waals surface area contributed by atoms with Crippen molar-refractivity contribution in [1.82, 2.24) is 25.1 Å². The summed E-state index contributed by atoms with van der Waals surface area (Å²) in [7, 11) is 1.61. The van der Waals surface area contributed by atoms with Gasteiger partial charge in [0.1, 0.15) is 18.0 Å². The van der Waals surface area contributed by atoms with Crippen molar-refractivity contribution in [3.05, 3.63) is 107 Å². The summed E-state index contributed by atoms with van der Waals surface area (Å²) < 4.78 is 14.5. The molecule has 2 atom stereocenters. The van der Waals surface area contributed by atoms with Crippen LogP contribution >= 0.6 is 0 Å². The Morgan fingerprint density at radius 2 is 1.58 bits per heavy atom. The van der Waals surface area contributed by atoms with Crippen LogP contribution in [0.4, 0.5) is 9.18 Å². The lowest BCUT2D eigenvalue weighted by Crippen LogP contribution is -2.65. The molecule has 38 heavy (non-hydrogen) atoms. The molecule has 3 aromatic rings. The fourth-order valence-electron chi connectivity index (χ4n) is 5.12. The molecule has 2 saturated heterocycles. The van der Waals surface area contributed by atoms with E-state index in [1.165, 1.54) is 11.1 Å². The average Bonchev–Trinajstić information content (AvgIpc) is 3.27. The number of carbonyl (C=O) groups is 3. The van der Waals surface area contributed by atoms with Gasteiger partial charge >= 0.3 is 6.03 Å². The zero-order valence-electron chi connectivity index (χ0n) is 21.2. The second kappa shape index (κ2) is 11.0. The van der Waals surface area contributed by atoms with Crippen LogP contribution < -0.4 is 5.32 Å². The van der Waals surface area contributed by atoms with Gasteiger partial charge in [-0.3, -0.25) is 14.6 Å². The van der Waals surface area contributed by atoms with E-state index in [2.05, 4.69) is 5.32 Å². The summed E-state index contributed by atoms with van der Waals surface area (Å²) in [5.74, 6) is -0.851. The van der Waals surface area contributed by atoms with E-state index in [9.17, 15) is 18.8 Å². The zero-order valence-corrected chi connectivity index (χ0v) is 21.2. The molecule has 2 heterocycles. The van der Waals surface area contributed by atoms with Crippen molar-refractivity contribution >= 4 is 17.8 Å². The third-order valence-electron chi connectivity index (χ3n) is 7.12. The summed E-state index contributed by atoms with van der Waals surface area (Å²) >= 11 is 0. The standard InChI is InChI=1S/C29H30FN5O3/c1-32(29(38)31-17-22-12-6-3-7-13-22)34-20-27(36)35-25(16-21-10-4-2-5-11-21)28(37)33(19-26(34)35)18-23-14-8-9-15-24(23)30/h2-15,25-26H,16-20H2,1H3,(H,31,38)/t25-,26+/m0/s1. The molecule has 9 heteroatoms. The van der Waals surface area contributed by atoms with Gasteiger partial charge in [0, 0.05) is 32.1 Å². The average molecular weight is 516 g/mol. The quantitative estimate of drug-likeness (QED) is 0.525. The highest BCUT2D eigenvalue weighted by molar-refractivity contribution is 5.91. The fourth-order valence-corrected chi connectivity index (χ4v) is 5.12. The number of carbonyl (C=O) groups excluding carboxylic acids is 3. The lowest BCUT2D eigenvalue weighted by Gasteiger charge is -2.45. The largest absolute Gasteiger partial charge is 0.333 e. The summed E-state index contributed by atoms with van der Waals surface area (Å²) in [5, 5.41) is 5.98. The van der Waals surface area contributed by atoms with E-state index in [1.54, 1.807) is 40.1 Å². The highest BCUT2D eigenvalue weighted by Gasteiger charge is 2.51. The van der Waals surface area contributed by atoms with Gasteiger partial charge in [-0.2, -0.15) is 5.01 Å². The minimum atomic E-state index is -0.763. The van der Waals surface area contributed by atoms with Crippen LogP contribution in [0.5, 0.6) is 0 Å². The summed E-state index contributed by atoms with van der Waals surface area (Å²) in [6, 6.07) is 24.3. The van der Waals surface area contributed by atoms with Crippen molar-refractivity contribution in [3.63, 3.8) is 0 Å². The summed E-state index contributed by atoms with van der Waals surface area (Å²) in [6.45, 7) is 0.536. The Labute approximate surface area is 221 Å². The van der Waals surface area contributed by atoms with Crippen molar-refractivity contribution in [1.29, 1.82) is 0 Å². The highest BCUT2D eigenvalue weighted by Crippen LogP contribution is 2.30. The second-order valence-corrected chi connectivity index (χ2v) is 9.56. The molecule has 3 aromatic carbocycles. The van der Waals surface area contributed by atoms with Crippen molar-refractivity contribution in [3.8, 4) is 0 Å². The first-order valence-electron chi connectivity index (χ1n) is 12.6. The number of fused-ring (bicyclic) bond motifs is 1. The molecular formula is C29H30FN5O3. The Bertz CT molecular complexity index is 1310. The number of hydrogen-bond acceptors (Lipinski definition) is 4. The number of urea groups is 1. The van der Waals surface area contributed by atoms with Crippen molar-refractivity contribution < 1.29 is 18.8 Å². The van der Waals surface area contributed by atoms with Crippen LogP contribution in [0.15, 0.2) is 84.9 Å². The third kappa shape index (κ3) is 5.24. The first kappa shape index (κ1) is 25.4. The normalized spacial score (nSPS) is 19.4. The first-order valence-corrected chi connectivity index (χ1v) is 12.6. The van der Waals surface area contributed by atoms with Gasteiger partial charge in [-0.15, -0.1) is 0 Å². The summed E-state index contributed by atoms with van der Waals surface area (Å²) in [6.07, 6.45) is -0.235. The van der Waals surface area contributed by atoms with Crippen LogP contribution in [-0.2, 0) is 29.1 Å². The van der Waals surface area contributed by atoms with E-state index in [1.807, 2.05) is 60.7 Å². The van der Waals surface area contributed by atoms with Crippen LogP contribution in [0.3, 0.4) is 0 Å². The molecule has 0 saturated carbocycles. The Morgan fingerprint density at radius 1 is 0.947 bits per heavy atom.